The van der Waals surface area contributed by atoms with Crippen LogP contribution in [0.2, 0.25) is 0 Å². The van der Waals surface area contributed by atoms with E-state index in [0.717, 1.165) is 51.5 Å². The summed E-state index contributed by atoms with van der Waals surface area (Å²) in [7, 11) is 1.83. The summed E-state index contributed by atoms with van der Waals surface area (Å²) in [5, 5.41) is 6.55. The number of nitrogens with one attached hydrogen (secondary N) is 2. The molecule has 6 nitrogen and oxygen atoms in total. The maximum Gasteiger partial charge on any atom is 0.234 e. The second-order valence-electron chi connectivity index (χ2n) is 8.95. The molecule has 1 heterocycles. The van der Waals surface area contributed by atoms with Gasteiger partial charge in [0.1, 0.15) is 0 Å². The van der Waals surface area contributed by atoms with Crippen LogP contribution in [0, 0.1) is 0 Å². The minimum Gasteiger partial charge on any atom is -0.352 e. The predicted molar refractivity (Wildman–Crippen MR) is 115 cm³/mol. The van der Waals surface area contributed by atoms with E-state index in [-0.39, 0.29) is 11.3 Å². The SMILES string of the molecule is CN=C(NCc1ccc(C(C)(C)C)cc1)N1CCN(CC(=O)NC2CC2)CC1. The summed E-state index contributed by atoms with van der Waals surface area (Å²) in [6.07, 6.45) is 2.28. The van der Waals surface area contributed by atoms with Gasteiger partial charge in [-0.15, -0.1) is 0 Å². The van der Waals surface area contributed by atoms with Crippen molar-refractivity contribution in [3.8, 4) is 0 Å². The molecule has 0 bridgehead atoms. The Kier molecular flexibility index (Phi) is 6.60. The summed E-state index contributed by atoms with van der Waals surface area (Å²) in [5.74, 6) is 1.10. The third-order valence-electron chi connectivity index (χ3n) is 5.46. The van der Waals surface area contributed by atoms with E-state index in [1.807, 2.05) is 7.05 Å². The number of amides is 1. The van der Waals surface area contributed by atoms with E-state index in [4.69, 9.17) is 0 Å². The summed E-state index contributed by atoms with van der Waals surface area (Å²) >= 11 is 0. The highest BCUT2D eigenvalue weighted by molar-refractivity contribution is 5.80. The fourth-order valence-electron chi connectivity index (χ4n) is 3.46. The van der Waals surface area contributed by atoms with E-state index in [9.17, 15) is 4.79 Å². The molecule has 2 fully saturated rings. The lowest BCUT2D eigenvalue weighted by Gasteiger charge is -2.36. The topological polar surface area (TPSA) is 60.0 Å². The molecule has 0 spiro atoms. The van der Waals surface area contributed by atoms with Gasteiger partial charge in [0.15, 0.2) is 5.96 Å². The van der Waals surface area contributed by atoms with Crippen LogP contribution < -0.4 is 10.6 Å². The Morgan fingerprint density at radius 1 is 1.11 bits per heavy atom. The van der Waals surface area contributed by atoms with Crippen LogP contribution in [-0.4, -0.2) is 67.5 Å². The highest BCUT2D eigenvalue weighted by Gasteiger charge is 2.25. The number of hydrogen-bond acceptors (Lipinski definition) is 3. The van der Waals surface area contributed by atoms with Gasteiger partial charge in [0.05, 0.1) is 6.54 Å². The number of nitrogens with zero attached hydrogens (tertiary/aromatic N) is 3. The van der Waals surface area contributed by atoms with E-state index in [0.29, 0.717) is 12.6 Å². The largest absolute Gasteiger partial charge is 0.352 e. The third-order valence-corrected chi connectivity index (χ3v) is 5.46. The standard InChI is InChI=1S/C22H35N5O/c1-22(2,3)18-7-5-17(6-8-18)15-24-21(23-4)27-13-11-26(12-14-27)16-20(28)25-19-9-10-19/h5-8,19H,9-16H2,1-4H3,(H,23,24)(H,25,28). The number of guanidine groups is 1. The van der Waals surface area contributed by atoms with E-state index in [1.54, 1.807) is 0 Å². The first kappa shape index (κ1) is 20.6. The summed E-state index contributed by atoms with van der Waals surface area (Å²) in [6.45, 7) is 11.5. The molecule has 1 aromatic carbocycles. The molecule has 2 N–H and O–H groups in total. The Balaban J connectivity index is 1.43. The van der Waals surface area contributed by atoms with Gasteiger partial charge in [-0.25, -0.2) is 0 Å². The number of carbonyl (C=O) groups excluding carboxylic acids is 1. The molecule has 6 heteroatoms. The van der Waals surface area contributed by atoms with Gasteiger partial charge in [-0.05, 0) is 29.4 Å². The molecule has 1 saturated heterocycles. The van der Waals surface area contributed by atoms with E-state index < -0.39 is 0 Å². The van der Waals surface area contributed by atoms with Gasteiger partial charge in [-0.1, -0.05) is 45.0 Å². The Morgan fingerprint density at radius 3 is 2.29 bits per heavy atom. The molecule has 3 rings (SSSR count). The molecule has 0 unspecified atom stereocenters. The fourth-order valence-corrected chi connectivity index (χ4v) is 3.46. The highest BCUT2D eigenvalue weighted by atomic mass is 16.2. The van der Waals surface area contributed by atoms with Crippen molar-refractivity contribution in [2.75, 3.05) is 39.8 Å². The van der Waals surface area contributed by atoms with E-state index in [2.05, 4.69) is 70.5 Å². The molecule has 2 aliphatic rings. The van der Waals surface area contributed by atoms with Gasteiger partial charge in [-0.2, -0.15) is 0 Å². The summed E-state index contributed by atoms with van der Waals surface area (Å²) in [5.41, 5.74) is 2.78. The smallest absolute Gasteiger partial charge is 0.234 e. The first-order valence-electron chi connectivity index (χ1n) is 10.4. The van der Waals surface area contributed by atoms with Crippen LogP contribution in [0.5, 0.6) is 0 Å². The van der Waals surface area contributed by atoms with Crippen molar-refractivity contribution in [3.05, 3.63) is 35.4 Å². The van der Waals surface area contributed by atoms with Gasteiger partial charge >= 0.3 is 0 Å². The maximum atomic E-state index is 12.0. The molecule has 28 heavy (non-hydrogen) atoms. The lowest BCUT2D eigenvalue weighted by Crippen LogP contribution is -2.54. The molecule has 1 aliphatic carbocycles. The van der Waals surface area contributed by atoms with Gasteiger partial charge in [-0.3, -0.25) is 14.7 Å². The first-order chi connectivity index (χ1) is 13.3. The average molecular weight is 386 g/mol. The normalized spacial score (nSPS) is 18.9. The zero-order valence-electron chi connectivity index (χ0n) is 17.8. The van der Waals surface area contributed by atoms with Crippen molar-refractivity contribution in [3.63, 3.8) is 0 Å². The van der Waals surface area contributed by atoms with Gasteiger partial charge in [0.2, 0.25) is 5.91 Å². The first-order valence-corrected chi connectivity index (χ1v) is 10.4. The number of carbonyl (C=O) groups is 1. The minimum absolute atomic E-state index is 0.164. The third kappa shape index (κ3) is 5.96. The summed E-state index contributed by atoms with van der Waals surface area (Å²) < 4.78 is 0. The summed E-state index contributed by atoms with van der Waals surface area (Å²) in [6, 6.07) is 9.25. The second kappa shape index (κ2) is 8.95. The Hall–Kier alpha value is -2.08. The number of hydrogen-bond donors (Lipinski definition) is 2. The van der Waals surface area contributed by atoms with E-state index >= 15 is 0 Å². The maximum absolute atomic E-state index is 12.0. The predicted octanol–water partition coefficient (Wildman–Crippen LogP) is 1.96. The second-order valence-corrected chi connectivity index (χ2v) is 8.95. The van der Waals surface area contributed by atoms with Crippen LogP contribution in [0.3, 0.4) is 0 Å². The van der Waals surface area contributed by atoms with Crippen LogP contribution in [0.15, 0.2) is 29.3 Å². The zero-order valence-corrected chi connectivity index (χ0v) is 17.8. The van der Waals surface area contributed by atoms with Gasteiger partial charge in [0, 0.05) is 45.8 Å². The monoisotopic (exact) mass is 385 g/mol. The highest BCUT2D eigenvalue weighted by Crippen LogP contribution is 2.22. The average Bonchev–Trinajstić information content (AvgIpc) is 3.47. The van der Waals surface area contributed by atoms with Crippen LogP contribution in [0.1, 0.15) is 44.7 Å². The van der Waals surface area contributed by atoms with Gasteiger partial charge < -0.3 is 15.5 Å². The number of aliphatic imine (C=N–C) groups is 1. The van der Waals surface area contributed by atoms with Crippen LogP contribution >= 0.6 is 0 Å². The number of benzene rings is 1. The lowest BCUT2D eigenvalue weighted by molar-refractivity contribution is -0.122. The van der Waals surface area contributed by atoms with Crippen molar-refractivity contribution in [2.45, 2.75) is 51.6 Å². The molecule has 1 amide bonds. The molecule has 0 atom stereocenters. The van der Waals surface area contributed by atoms with Crippen LogP contribution in [0.25, 0.3) is 0 Å². The fraction of sp³-hybridized carbons (Fsp3) is 0.636. The van der Waals surface area contributed by atoms with E-state index in [1.165, 1.54) is 11.1 Å². The molecule has 1 aromatic rings. The molecule has 1 aliphatic heterocycles. The lowest BCUT2D eigenvalue weighted by atomic mass is 9.87. The van der Waals surface area contributed by atoms with Crippen molar-refractivity contribution < 1.29 is 4.79 Å². The van der Waals surface area contributed by atoms with Crippen molar-refractivity contribution in [2.24, 2.45) is 4.99 Å². The van der Waals surface area contributed by atoms with Gasteiger partial charge in [0.25, 0.3) is 0 Å². The van der Waals surface area contributed by atoms with Crippen molar-refractivity contribution in [1.82, 2.24) is 20.4 Å². The van der Waals surface area contributed by atoms with Crippen molar-refractivity contribution >= 4 is 11.9 Å². The minimum atomic E-state index is 0.164. The Bertz CT molecular complexity index is 680. The molecular weight excluding hydrogens is 350 g/mol. The van der Waals surface area contributed by atoms with Crippen LogP contribution in [-0.2, 0) is 16.8 Å². The molecule has 0 aromatic heterocycles. The number of piperazine rings is 1. The summed E-state index contributed by atoms with van der Waals surface area (Å²) in [4.78, 5) is 20.9. The quantitative estimate of drug-likeness (QED) is 0.601. The van der Waals surface area contributed by atoms with Crippen LogP contribution in [0.4, 0.5) is 0 Å². The molecule has 154 valence electrons. The number of rotatable bonds is 5. The Labute approximate surface area is 169 Å². The zero-order chi connectivity index (χ0) is 20.1. The molecular formula is C22H35N5O. The molecule has 0 radical (unpaired) electrons. The molecule has 1 saturated carbocycles. The van der Waals surface area contributed by atoms with Crippen molar-refractivity contribution in [1.29, 1.82) is 0 Å². The Morgan fingerprint density at radius 2 is 1.75 bits per heavy atom.